The number of nitrogens with one attached hydrogen (secondary N) is 1. The second kappa shape index (κ2) is 3.70. The zero-order valence-electron chi connectivity index (χ0n) is 8.71. The molecule has 0 unspecified atom stereocenters. The van der Waals surface area contributed by atoms with Crippen LogP contribution in [-0.2, 0) is 0 Å². The summed E-state index contributed by atoms with van der Waals surface area (Å²) in [5.41, 5.74) is 5.24. The van der Waals surface area contributed by atoms with Crippen molar-refractivity contribution in [3.63, 3.8) is 0 Å². The minimum Gasteiger partial charge on any atom is -0.494 e. The summed E-state index contributed by atoms with van der Waals surface area (Å²) in [6.07, 6.45) is 0. The second-order valence-electron chi connectivity index (χ2n) is 3.18. The third-order valence-corrected chi connectivity index (χ3v) is 2.14. The van der Waals surface area contributed by atoms with E-state index in [9.17, 15) is 15.0 Å². The van der Waals surface area contributed by atoms with Gasteiger partial charge in [0.2, 0.25) is 0 Å². The Morgan fingerprint density at radius 3 is 2.88 bits per heavy atom. The largest absolute Gasteiger partial charge is 0.494 e. The topological polar surface area (TPSA) is 130 Å². The molecule has 0 aliphatic carbocycles. The number of nitro benzene ring substituents is 1. The molecular formula is C8H8N5O4+. The fraction of sp³-hybridized carbons (Fsp3) is 0.125. The molecule has 0 bridgehead atoms. The molecule has 0 saturated heterocycles. The maximum absolute atomic E-state index is 11.5. The van der Waals surface area contributed by atoms with Crippen molar-refractivity contribution in [1.82, 2.24) is 10.1 Å². The zero-order valence-corrected chi connectivity index (χ0v) is 8.71. The summed E-state index contributed by atoms with van der Waals surface area (Å²) in [4.78, 5) is 25.4. The van der Waals surface area contributed by atoms with Crippen LogP contribution in [0.25, 0.3) is 11.0 Å². The van der Waals surface area contributed by atoms with Crippen LogP contribution in [0.2, 0.25) is 0 Å². The van der Waals surface area contributed by atoms with E-state index >= 15 is 0 Å². The summed E-state index contributed by atoms with van der Waals surface area (Å²) < 4.78 is 5.24. The summed E-state index contributed by atoms with van der Waals surface area (Å²) in [6, 6.07) is 2.27. The summed E-state index contributed by atoms with van der Waals surface area (Å²) in [5.74, 6) is -0.000784. The van der Waals surface area contributed by atoms with Gasteiger partial charge in [0.15, 0.2) is 15.8 Å². The van der Waals surface area contributed by atoms with Crippen LogP contribution in [0.1, 0.15) is 0 Å². The summed E-state index contributed by atoms with van der Waals surface area (Å²) in [5, 5.41) is 12.9. The molecule has 0 spiro atoms. The predicted molar refractivity (Wildman–Crippen MR) is 57.1 cm³/mol. The number of rotatable bonds is 2. The molecule has 9 nitrogen and oxygen atoms in total. The van der Waals surface area contributed by atoms with Crippen molar-refractivity contribution in [2.24, 2.45) is 0 Å². The second-order valence-corrected chi connectivity index (χ2v) is 3.18. The van der Waals surface area contributed by atoms with Crippen LogP contribution < -0.4 is 15.0 Å². The first-order chi connectivity index (χ1) is 8.02. The molecule has 0 aliphatic heterocycles. The number of benzene rings is 1. The van der Waals surface area contributed by atoms with E-state index < -0.39 is 4.92 Å². The molecule has 17 heavy (non-hydrogen) atoms. The Kier molecular flexibility index (Phi) is 2.35. The lowest BCUT2D eigenvalue weighted by atomic mass is 10.2. The number of non-ortho nitro benzene ring substituents is 1. The highest BCUT2D eigenvalue weighted by Crippen LogP contribution is 2.27. The maximum Gasteiger partial charge on any atom is 0.328 e. The van der Waals surface area contributed by atoms with E-state index in [2.05, 4.69) is 10.1 Å². The van der Waals surface area contributed by atoms with Crippen LogP contribution in [0.15, 0.2) is 12.1 Å². The van der Waals surface area contributed by atoms with Crippen molar-refractivity contribution < 1.29 is 14.2 Å². The van der Waals surface area contributed by atoms with Gasteiger partial charge < -0.3 is 10.5 Å². The lowest BCUT2D eigenvalue weighted by Gasteiger charge is -2.00. The monoisotopic (exact) mass is 238 g/mol. The molecule has 1 heterocycles. The number of H-pyrrole nitrogens is 1. The predicted octanol–water partition coefficient (Wildman–Crippen LogP) is -0.0236. The van der Waals surface area contributed by atoms with Gasteiger partial charge in [-0.25, -0.2) is 0 Å². The summed E-state index contributed by atoms with van der Waals surface area (Å²) in [7, 11) is 1.32. The van der Waals surface area contributed by atoms with E-state index in [0.29, 0.717) is 4.54 Å². The Bertz CT molecular complexity index is 665. The van der Waals surface area contributed by atoms with Gasteiger partial charge in [-0.15, -0.1) is 0 Å². The molecule has 1 aromatic heterocycles. The van der Waals surface area contributed by atoms with Gasteiger partial charge in [-0.05, 0) is 0 Å². The summed E-state index contributed by atoms with van der Waals surface area (Å²) in [6.45, 7) is 0. The van der Waals surface area contributed by atoms with Gasteiger partial charge in [-0.3, -0.25) is 10.1 Å². The number of fused-ring (bicyclic) bond motifs is 1. The molecule has 9 heteroatoms. The molecule has 0 saturated carbocycles. The Morgan fingerprint density at radius 2 is 2.29 bits per heavy atom. The van der Waals surface area contributed by atoms with Gasteiger partial charge in [0.1, 0.15) is 0 Å². The number of hydrogen-bond donors (Lipinski definition) is 2. The summed E-state index contributed by atoms with van der Waals surface area (Å²) >= 11 is 0. The minimum atomic E-state index is -0.627. The number of anilines is 1. The van der Waals surface area contributed by atoms with Gasteiger partial charge >= 0.3 is 5.52 Å². The third kappa shape index (κ3) is 1.73. The van der Waals surface area contributed by atoms with Gasteiger partial charge in [0, 0.05) is 0 Å². The van der Waals surface area contributed by atoms with Crippen molar-refractivity contribution in [2.45, 2.75) is 0 Å². The van der Waals surface area contributed by atoms with Crippen LogP contribution >= 0.6 is 0 Å². The van der Waals surface area contributed by atoms with Gasteiger partial charge in [-0.1, -0.05) is 5.10 Å². The van der Waals surface area contributed by atoms with Crippen molar-refractivity contribution >= 4 is 22.7 Å². The molecule has 1 aromatic carbocycles. The van der Waals surface area contributed by atoms with Gasteiger partial charge in [0.05, 0.1) is 29.1 Å². The Hall–Kier alpha value is -2.71. The molecule has 2 rings (SSSR count). The first-order valence-corrected chi connectivity index (χ1v) is 4.47. The van der Waals surface area contributed by atoms with Crippen molar-refractivity contribution in [1.29, 1.82) is 0 Å². The van der Waals surface area contributed by atoms with Crippen LogP contribution in [-0.4, -0.2) is 22.1 Å². The molecular weight excluding hydrogens is 230 g/mol. The maximum atomic E-state index is 11.5. The van der Waals surface area contributed by atoms with E-state index in [1.165, 1.54) is 13.2 Å². The van der Waals surface area contributed by atoms with Gasteiger partial charge in [0.25, 0.3) is 11.6 Å². The van der Waals surface area contributed by atoms with E-state index in [1.807, 2.05) is 0 Å². The van der Waals surface area contributed by atoms with Crippen LogP contribution in [0.4, 0.5) is 11.6 Å². The quantitative estimate of drug-likeness (QED) is 0.429. The number of nitro groups is 1. The lowest BCUT2D eigenvalue weighted by Crippen LogP contribution is -2.23. The van der Waals surface area contributed by atoms with Gasteiger partial charge in [-0.2, -0.15) is 4.98 Å². The Labute approximate surface area is 93.6 Å². The fourth-order valence-electron chi connectivity index (χ4n) is 1.42. The molecule has 2 aromatic rings. The molecule has 3 N–H and O–H groups in total. The van der Waals surface area contributed by atoms with Crippen LogP contribution in [0.5, 0.6) is 5.75 Å². The Balaban J connectivity index is 2.92. The smallest absolute Gasteiger partial charge is 0.328 e. The fourth-order valence-corrected chi connectivity index (χ4v) is 1.42. The normalized spacial score (nSPS) is 10.4. The number of methoxy groups -OCH3 is 1. The minimum absolute atomic E-state index is 0.0229. The van der Waals surface area contributed by atoms with Crippen molar-refractivity contribution in [3.8, 4) is 5.75 Å². The number of aromatic amines is 1. The van der Waals surface area contributed by atoms with E-state index in [4.69, 9.17) is 10.5 Å². The number of nitrogen functional groups attached to an aromatic ring is 1. The molecule has 0 aliphatic rings. The molecule has 0 fully saturated rings. The number of ether oxygens (including phenoxy) is 1. The third-order valence-electron chi connectivity index (χ3n) is 2.14. The highest BCUT2D eigenvalue weighted by molar-refractivity contribution is 5.81. The SMILES string of the molecule is COc1cc([N+](=O)[O-])cc2c1nc(N)[nH][n+]2=O. The average molecular weight is 238 g/mol. The standard InChI is InChI=1S/C8H8N5O4/c1-17-6-3-4(13(15)16)2-5-7(6)10-8(9)11-12(5)14/h2-3H,1H3,(H3,9,10,11,14)/q+1. The van der Waals surface area contributed by atoms with Crippen LogP contribution in [0, 0.1) is 15.0 Å². The average Bonchev–Trinajstić information content (AvgIpc) is 2.27. The molecule has 0 atom stereocenters. The van der Waals surface area contributed by atoms with E-state index in [0.717, 1.165) is 6.07 Å². The number of aromatic nitrogens is 3. The van der Waals surface area contributed by atoms with E-state index in [1.54, 1.807) is 0 Å². The zero-order chi connectivity index (χ0) is 12.6. The molecule has 0 radical (unpaired) electrons. The first kappa shape index (κ1) is 10.8. The number of hydrogen-bond acceptors (Lipinski definition) is 6. The highest BCUT2D eigenvalue weighted by atomic mass is 16.6. The lowest BCUT2D eigenvalue weighted by molar-refractivity contribution is -0.535. The number of nitrogens with zero attached hydrogens (tertiary/aromatic N) is 3. The number of nitrogens with two attached hydrogens (primary N) is 1. The highest BCUT2D eigenvalue weighted by Gasteiger charge is 2.21. The van der Waals surface area contributed by atoms with E-state index in [-0.39, 0.29) is 28.4 Å². The Morgan fingerprint density at radius 1 is 1.59 bits per heavy atom. The molecule has 88 valence electrons. The first-order valence-electron chi connectivity index (χ1n) is 4.47. The van der Waals surface area contributed by atoms with Crippen molar-refractivity contribution in [2.75, 3.05) is 12.8 Å². The van der Waals surface area contributed by atoms with Crippen LogP contribution in [0.3, 0.4) is 0 Å². The van der Waals surface area contributed by atoms with Crippen molar-refractivity contribution in [3.05, 3.63) is 27.2 Å². The molecule has 0 amide bonds.